The van der Waals surface area contributed by atoms with Gasteiger partial charge in [0.25, 0.3) is 0 Å². The Hall–Kier alpha value is -4.30. The number of rotatable bonds is 7. The Morgan fingerprint density at radius 2 is 1.15 bits per heavy atom. The van der Waals surface area contributed by atoms with Gasteiger partial charge < -0.3 is 9.80 Å². The molecule has 5 aromatic rings. The van der Waals surface area contributed by atoms with Gasteiger partial charge in [-0.1, -0.05) is 84.9 Å². The predicted octanol–water partition coefficient (Wildman–Crippen LogP) is 8.60. The van der Waals surface area contributed by atoms with Crippen LogP contribution in [0.15, 0.2) is 134 Å². The van der Waals surface area contributed by atoms with E-state index in [0.717, 1.165) is 23.6 Å². The maximum atomic E-state index is 3.93. The molecule has 0 atom stereocenters. The van der Waals surface area contributed by atoms with Crippen molar-refractivity contribution in [2.24, 2.45) is 0 Å². The van der Waals surface area contributed by atoms with E-state index in [2.05, 4.69) is 139 Å². The Labute approximate surface area is 202 Å². The van der Waals surface area contributed by atoms with Crippen molar-refractivity contribution in [3.8, 4) is 11.1 Å². The van der Waals surface area contributed by atoms with Crippen molar-refractivity contribution in [3.63, 3.8) is 0 Å². The van der Waals surface area contributed by atoms with Gasteiger partial charge in [-0.15, -0.1) is 6.58 Å². The summed E-state index contributed by atoms with van der Waals surface area (Å²) in [4.78, 5) is 4.52. The van der Waals surface area contributed by atoms with Crippen LogP contribution in [0.2, 0.25) is 0 Å². The fraction of sp³-hybridized carbons (Fsp3) is 0.0625. The first-order chi connectivity index (χ1) is 16.7. The smallest absolute Gasteiger partial charge is 0.0487 e. The second kappa shape index (κ2) is 9.68. The van der Waals surface area contributed by atoms with Crippen LogP contribution in [0, 0.1) is 0 Å². The first-order valence-electron chi connectivity index (χ1n) is 11.6. The molecule has 34 heavy (non-hydrogen) atoms. The maximum absolute atomic E-state index is 3.93. The van der Waals surface area contributed by atoms with E-state index in [1.807, 2.05) is 12.1 Å². The third-order valence-electron chi connectivity index (χ3n) is 6.27. The maximum Gasteiger partial charge on any atom is 0.0487 e. The molecule has 0 unspecified atom stereocenters. The molecule has 0 amide bonds. The SMILES string of the molecule is C=CCN(c1ccccc1)c1ccc(-c2ccc(N(C)c3cccc4ccccc34)cc2)cc1. The topological polar surface area (TPSA) is 6.48 Å². The molecule has 0 spiro atoms. The molecule has 0 aliphatic carbocycles. The van der Waals surface area contributed by atoms with E-state index in [-0.39, 0.29) is 0 Å². The fourth-order valence-electron chi connectivity index (χ4n) is 4.45. The molecule has 0 aliphatic rings. The highest BCUT2D eigenvalue weighted by atomic mass is 15.1. The second-order valence-corrected chi connectivity index (χ2v) is 8.39. The lowest BCUT2D eigenvalue weighted by Gasteiger charge is -2.24. The molecular formula is C32H28N2. The summed E-state index contributed by atoms with van der Waals surface area (Å²) in [5.41, 5.74) is 7.10. The van der Waals surface area contributed by atoms with E-state index >= 15 is 0 Å². The standard InChI is InChI=1S/C32H28N2/c1-3-24-34(29-12-5-4-6-13-29)30-22-18-26(19-23-30)25-16-20-28(21-17-25)33(2)32-15-9-11-27-10-7-8-14-31(27)32/h3-23H,1,24H2,2H3. The van der Waals surface area contributed by atoms with Crippen molar-refractivity contribution < 1.29 is 0 Å². The summed E-state index contributed by atoms with van der Waals surface area (Å²) in [7, 11) is 2.13. The minimum absolute atomic E-state index is 0.762. The molecule has 2 heteroatoms. The lowest BCUT2D eigenvalue weighted by Crippen LogP contribution is -2.16. The quantitative estimate of drug-likeness (QED) is 0.234. The van der Waals surface area contributed by atoms with Crippen LogP contribution in [-0.2, 0) is 0 Å². The van der Waals surface area contributed by atoms with E-state index in [1.165, 1.54) is 27.6 Å². The van der Waals surface area contributed by atoms with Crippen molar-refractivity contribution in [2.45, 2.75) is 0 Å². The Balaban J connectivity index is 1.39. The zero-order valence-corrected chi connectivity index (χ0v) is 19.4. The molecular weight excluding hydrogens is 412 g/mol. The van der Waals surface area contributed by atoms with Gasteiger partial charge in [-0.2, -0.15) is 0 Å². The Bertz CT molecular complexity index is 1380. The van der Waals surface area contributed by atoms with E-state index in [9.17, 15) is 0 Å². The van der Waals surface area contributed by atoms with Crippen molar-refractivity contribution in [3.05, 3.63) is 134 Å². The number of hydrogen-bond donors (Lipinski definition) is 0. The third-order valence-corrected chi connectivity index (χ3v) is 6.27. The van der Waals surface area contributed by atoms with Crippen LogP contribution in [0.4, 0.5) is 22.7 Å². The Morgan fingerprint density at radius 3 is 1.82 bits per heavy atom. The molecule has 0 fully saturated rings. The minimum Gasteiger partial charge on any atom is -0.344 e. The summed E-state index contributed by atoms with van der Waals surface area (Å²) >= 11 is 0. The third kappa shape index (κ3) is 4.31. The summed E-state index contributed by atoms with van der Waals surface area (Å²) in [5.74, 6) is 0. The van der Waals surface area contributed by atoms with Crippen LogP contribution in [0.1, 0.15) is 0 Å². The van der Waals surface area contributed by atoms with Crippen molar-refractivity contribution >= 4 is 33.5 Å². The number of fused-ring (bicyclic) bond motifs is 1. The van der Waals surface area contributed by atoms with E-state index in [4.69, 9.17) is 0 Å². The minimum atomic E-state index is 0.762. The van der Waals surface area contributed by atoms with Gasteiger partial charge in [0, 0.05) is 41.7 Å². The Morgan fingerprint density at radius 1 is 0.588 bits per heavy atom. The molecule has 0 saturated heterocycles. The highest BCUT2D eigenvalue weighted by Gasteiger charge is 2.10. The van der Waals surface area contributed by atoms with Gasteiger partial charge in [-0.3, -0.25) is 0 Å². The van der Waals surface area contributed by atoms with Crippen LogP contribution in [0.3, 0.4) is 0 Å². The number of benzene rings is 5. The molecule has 0 aromatic heterocycles. The van der Waals surface area contributed by atoms with Gasteiger partial charge in [0.05, 0.1) is 0 Å². The lowest BCUT2D eigenvalue weighted by atomic mass is 10.0. The summed E-state index contributed by atoms with van der Waals surface area (Å²) < 4.78 is 0. The molecule has 0 N–H and O–H groups in total. The van der Waals surface area contributed by atoms with Crippen LogP contribution in [0.25, 0.3) is 21.9 Å². The largest absolute Gasteiger partial charge is 0.344 e. The van der Waals surface area contributed by atoms with Crippen molar-refractivity contribution in [1.29, 1.82) is 0 Å². The summed E-state index contributed by atoms with van der Waals surface area (Å²) in [5, 5.41) is 2.51. The number of para-hydroxylation sites is 1. The first kappa shape index (κ1) is 21.5. The monoisotopic (exact) mass is 440 g/mol. The van der Waals surface area contributed by atoms with Crippen molar-refractivity contribution in [2.75, 3.05) is 23.4 Å². The summed E-state index contributed by atoms with van der Waals surface area (Å²) in [6.45, 7) is 4.69. The molecule has 0 bridgehead atoms. The van der Waals surface area contributed by atoms with Gasteiger partial charge in [0.15, 0.2) is 0 Å². The van der Waals surface area contributed by atoms with E-state index < -0.39 is 0 Å². The molecule has 0 saturated carbocycles. The molecule has 0 heterocycles. The highest BCUT2D eigenvalue weighted by molar-refractivity contribution is 5.96. The van der Waals surface area contributed by atoms with E-state index in [1.54, 1.807) is 0 Å². The molecule has 5 rings (SSSR count). The van der Waals surface area contributed by atoms with Gasteiger partial charge in [-0.25, -0.2) is 0 Å². The first-order valence-corrected chi connectivity index (χ1v) is 11.6. The second-order valence-electron chi connectivity index (χ2n) is 8.39. The number of hydrogen-bond acceptors (Lipinski definition) is 2. The van der Waals surface area contributed by atoms with Crippen LogP contribution < -0.4 is 9.80 Å². The van der Waals surface area contributed by atoms with Crippen LogP contribution in [0.5, 0.6) is 0 Å². The average molecular weight is 441 g/mol. The fourth-order valence-corrected chi connectivity index (χ4v) is 4.45. The summed E-state index contributed by atoms with van der Waals surface area (Å²) in [6, 6.07) is 42.9. The predicted molar refractivity (Wildman–Crippen MR) is 148 cm³/mol. The highest BCUT2D eigenvalue weighted by Crippen LogP contribution is 2.33. The molecule has 166 valence electrons. The van der Waals surface area contributed by atoms with Gasteiger partial charge in [0.2, 0.25) is 0 Å². The van der Waals surface area contributed by atoms with Gasteiger partial charge in [-0.05, 0) is 59.0 Å². The molecule has 0 radical (unpaired) electrons. The number of nitrogens with zero attached hydrogens (tertiary/aromatic N) is 2. The normalized spacial score (nSPS) is 10.7. The lowest BCUT2D eigenvalue weighted by molar-refractivity contribution is 1.10. The van der Waals surface area contributed by atoms with Gasteiger partial charge >= 0.3 is 0 Å². The number of anilines is 4. The molecule has 0 aliphatic heterocycles. The van der Waals surface area contributed by atoms with E-state index in [0.29, 0.717) is 0 Å². The molecule has 2 nitrogen and oxygen atoms in total. The summed E-state index contributed by atoms with van der Waals surface area (Å²) in [6.07, 6.45) is 1.94. The van der Waals surface area contributed by atoms with Crippen LogP contribution >= 0.6 is 0 Å². The Kier molecular flexibility index (Phi) is 6.13. The van der Waals surface area contributed by atoms with Gasteiger partial charge in [0.1, 0.15) is 0 Å². The van der Waals surface area contributed by atoms with Crippen LogP contribution in [-0.4, -0.2) is 13.6 Å². The zero-order chi connectivity index (χ0) is 23.3. The average Bonchev–Trinajstić information content (AvgIpc) is 2.92. The molecule has 5 aromatic carbocycles. The zero-order valence-electron chi connectivity index (χ0n) is 19.4. The van der Waals surface area contributed by atoms with Crippen molar-refractivity contribution in [1.82, 2.24) is 0 Å².